The zero-order chi connectivity index (χ0) is 15.3. The molecule has 0 aromatic carbocycles. The Hall–Kier alpha value is -0.666. The Morgan fingerprint density at radius 3 is 2.25 bits per heavy atom. The van der Waals surface area contributed by atoms with Crippen LogP contribution in [0.1, 0.15) is 47.2 Å². The van der Waals surface area contributed by atoms with Gasteiger partial charge in [-0.1, -0.05) is 40.7 Å². The van der Waals surface area contributed by atoms with Crippen molar-refractivity contribution in [1.82, 2.24) is 9.38 Å². The van der Waals surface area contributed by atoms with E-state index >= 15 is 0 Å². The summed E-state index contributed by atoms with van der Waals surface area (Å²) >= 11 is 0. The molecule has 0 aliphatic carbocycles. The molecular weight excluding hydrogens is 325 g/mol. The minimum atomic E-state index is -0.0304. The maximum Gasteiger partial charge on any atom is 0.272 e. The van der Waals surface area contributed by atoms with Gasteiger partial charge in [-0.15, -0.1) is 6.58 Å². The number of nitrogens with one attached hydrogen (secondary N) is 1. The smallest absolute Gasteiger partial charge is 0.272 e. The van der Waals surface area contributed by atoms with Crippen molar-refractivity contribution in [2.24, 2.45) is 0 Å². The largest absolute Gasteiger partial charge is 0.326 e. The number of aromatic nitrogens is 2. The van der Waals surface area contributed by atoms with Crippen LogP contribution in [-0.2, 0) is 39.1 Å². The van der Waals surface area contributed by atoms with Crippen LogP contribution in [0.4, 0.5) is 0 Å². The van der Waals surface area contributed by atoms with Gasteiger partial charge in [0.15, 0.2) is 0 Å². The van der Waals surface area contributed by atoms with Gasteiger partial charge in [0.25, 0.3) is 5.56 Å². The van der Waals surface area contributed by atoms with Crippen molar-refractivity contribution in [3.05, 3.63) is 53.2 Å². The maximum absolute atomic E-state index is 11.2. The molecule has 0 aliphatic heterocycles. The van der Waals surface area contributed by atoms with Gasteiger partial charge in [0.1, 0.15) is 5.52 Å². The molecule has 2 rings (SSSR count). The average molecular weight is 353 g/mol. The molecule has 3 nitrogen and oxygen atoms in total. The van der Waals surface area contributed by atoms with Gasteiger partial charge in [0, 0.05) is 50.8 Å². The van der Waals surface area contributed by atoms with Gasteiger partial charge in [-0.05, 0) is 25.5 Å². The first kappa shape index (κ1) is 24.4. The van der Waals surface area contributed by atoms with E-state index in [1.165, 1.54) is 0 Å². The normalized spacial score (nSPS) is 7.70. The minimum absolute atomic E-state index is 0. The van der Waals surface area contributed by atoms with E-state index in [4.69, 9.17) is 0 Å². The maximum atomic E-state index is 11.2. The summed E-state index contributed by atoms with van der Waals surface area (Å²) in [6.07, 6.45) is 6.33. The van der Waals surface area contributed by atoms with E-state index in [1.807, 2.05) is 57.3 Å². The van der Waals surface area contributed by atoms with Crippen molar-refractivity contribution >= 4 is 5.52 Å². The molecule has 1 radical (unpaired) electrons. The first-order valence-electron chi connectivity index (χ1n) is 6.99. The summed E-state index contributed by atoms with van der Waals surface area (Å²) in [5.74, 6) is 0. The Morgan fingerprint density at radius 1 is 1.30 bits per heavy atom. The number of aryl methyl sites for hydroxylation is 1. The average Bonchev–Trinajstić information content (AvgIpc) is 2.95. The van der Waals surface area contributed by atoms with Crippen LogP contribution in [0.3, 0.4) is 0 Å². The van der Waals surface area contributed by atoms with Crippen LogP contribution in [0.15, 0.2) is 42.0 Å². The van der Waals surface area contributed by atoms with Crippen LogP contribution < -0.4 is 5.56 Å². The Balaban J connectivity index is -0.000000315. The van der Waals surface area contributed by atoms with Crippen molar-refractivity contribution in [2.75, 3.05) is 0 Å². The molecule has 20 heavy (non-hydrogen) atoms. The van der Waals surface area contributed by atoms with Crippen LogP contribution in [0.5, 0.6) is 0 Å². The summed E-state index contributed by atoms with van der Waals surface area (Å²) in [4.78, 5) is 13.9. The van der Waals surface area contributed by atoms with Crippen LogP contribution >= 0.6 is 0 Å². The van der Waals surface area contributed by atoms with E-state index in [9.17, 15) is 4.79 Å². The quantitative estimate of drug-likeness (QED) is 0.757. The Morgan fingerprint density at radius 2 is 1.80 bits per heavy atom. The first-order chi connectivity index (χ1) is 9.24. The number of hydrogen-bond donors (Lipinski definition) is 1. The Labute approximate surface area is 148 Å². The molecule has 0 unspecified atom stereocenters. The van der Waals surface area contributed by atoms with Gasteiger partial charge in [-0.2, -0.15) is 0 Å². The standard InChI is InChI=1S/C9H10N2O.C3H6.2C2H6.Y/c1-2-7-6-10-9(12)8-4-3-5-11(7)8;1-3-2;2*1-2;/h3-6H,2H2,1H3,(H,10,12);3H,1H2,2H3;2*1-2H3;. The SMILES string of the molecule is C=CC.CC.CC.CCc1c[nH]c(=O)c2cccn12.[Y]. The fourth-order valence-corrected chi connectivity index (χ4v) is 1.38. The predicted molar refractivity (Wildman–Crippen MR) is 86.0 cm³/mol. The molecule has 0 fully saturated rings. The molecule has 0 saturated carbocycles. The van der Waals surface area contributed by atoms with Crippen molar-refractivity contribution in [1.29, 1.82) is 0 Å². The summed E-state index contributed by atoms with van der Waals surface area (Å²) in [6, 6.07) is 3.70. The minimum Gasteiger partial charge on any atom is -0.326 e. The molecule has 0 amide bonds. The van der Waals surface area contributed by atoms with Gasteiger partial charge < -0.3 is 9.38 Å². The molecule has 4 heteroatoms. The summed E-state index contributed by atoms with van der Waals surface area (Å²) in [6.45, 7) is 15.3. The number of hydrogen-bond acceptors (Lipinski definition) is 1. The summed E-state index contributed by atoms with van der Waals surface area (Å²) < 4.78 is 1.92. The number of allylic oxidation sites excluding steroid dienone is 1. The monoisotopic (exact) mass is 353 g/mol. The van der Waals surface area contributed by atoms with Gasteiger partial charge in [0.2, 0.25) is 0 Å². The van der Waals surface area contributed by atoms with Gasteiger partial charge >= 0.3 is 0 Å². The van der Waals surface area contributed by atoms with E-state index < -0.39 is 0 Å². The van der Waals surface area contributed by atoms with Crippen LogP contribution in [0.2, 0.25) is 0 Å². The predicted octanol–water partition coefficient (Wildman–Crippen LogP) is 4.43. The fourth-order valence-electron chi connectivity index (χ4n) is 1.38. The van der Waals surface area contributed by atoms with Crippen LogP contribution in [0, 0.1) is 0 Å². The Bertz CT molecular complexity index is 500. The molecule has 0 bridgehead atoms. The summed E-state index contributed by atoms with van der Waals surface area (Å²) in [7, 11) is 0. The zero-order valence-electron chi connectivity index (χ0n) is 13.7. The number of rotatable bonds is 1. The van der Waals surface area contributed by atoms with Crippen molar-refractivity contribution in [2.45, 2.75) is 48.0 Å². The topological polar surface area (TPSA) is 37.3 Å². The number of fused-ring (bicyclic) bond motifs is 1. The molecule has 111 valence electrons. The summed E-state index contributed by atoms with van der Waals surface area (Å²) in [5, 5.41) is 0. The number of aromatic amines is 1. The second kappa shape index (κ2) is 16.4. The summed E-state index contributed by atoms with van der Waals surface area (Å²) in [5.41, 5.74) is 1.81. The third kappa shape index (κ3) is 7.81. The van der Waals surface area contributed by atoms with E-state index in [1.54, 1.807) is 12.3 Å². The van der Waals surface area contributed by atoms with Gasteiger partial charge in [-0.25, -0.2) is 0 Å². The molecule has 2 aromatic heterocycles. The van der Waals surface area contributed by atoms with Crippen LogP contribution in [-0.4, -0.2) is 9.38 Å². The Kier molecular flexibility index (Phi) is 20.0. The number of H-pyrrole nitrogens is 1. The van der Waals surface area contributed by atoms with E-state index in [-0.39, 0.29) is 38.3 Å². The van der Waals surface area contributed by atoms with E-state index in [2.05, 4.69) is 18.5 Å². The molecule has 2 heterocycles. The second-order valence-corrected chi connectivity index (χ2v) is 3.13. The molecule has 0 aliphatic rings. The fraction of sp³-hybridized carbons (Fsp3) is 0.438. The van der Waals surface area contributed by atoms with Gasteiger partial charge in [-0.3, -0.25) is 4.79 Å². The van der Waals surface area contributed by atoms with Crippen molar-refractivity contribution < 1.29 is 32.7 Å². The van der Waals surface area contributed by atoms with Gasteiger partial charge in [0.05, 0.1) is 0 Å². The first-order valence-corrected chi connectivity index (χ1v) is 6.99. The molecule has 2 aromatic rings. The number of nitrogens with zero attached hydrogens (tertiary/aromatic N) is 1. The molecule has 0 saturated heterocycles. The van der Waals surface area contributed by atoms with E-state index in [0.717, 1.165) is 12.1 Å². The van der Waals surface area contributed by atoms with Crippen molar-refractivity contribution in [3.63, 3.8) is 0 Å². The molecule has 1 N–H and O–H groups in total. The van der Waals surface area contributed by atoms with Crippen LogP contribution in [0.25, 0.3) is 5.52 Å². The molecule has 0 atom stereocenters. The van der Waals surface area contributed by atoms with Crippen molar-refractivity contribution in [3.8, 4) is 0 Å². The second-order valence-electron chi connectivity index (χ2n) is 3.13. The molecular formula is C16H28N2OY. The van der Waals surface area contributed by atoms with E-state index in [0.29, 0.717) is 5.52 Å². The third-order valence-electron chi connectivity index (χ3n) is 2.02. The zero-order valence-corrected chi connectivity index (χ0v) is 16.6. The third-order valence-corrected chi connectivity index (χ3v) is 2.02. The molecule has 0 spiro atoms.